The zero-order valence-corrected chi connectivity index (χ0v) is 12.0. The van der Waals surface area contributed by atoms with Gasteiger partial charge in [0.05, 0.1) is 30.6 Å². The number of rotatable bonds is 3. The highest BCUT2D eigenvalue weighted by molar-refractivity contribution is 6.00. The third-order valence-electron chi connectivity index (χ3n) is 3.63. The van der Waals surface area contributed by atoms with Crippen molar-refractivity contribution in [3.63, 3.8) is 0 Å². The minimum Gasteiger partial charge on any atom is -0.479 e. The summed E-state index contributed by atoms with van der Waals surface area (Å²) in [6.45, 7) is 0.436. The van der Waals surface area contributed by atoms with E-state index in [1.807, 2.05) is 0 Å². The summed E-state index contributed by atoms with van der Waals surface area (Å²) in [5, 5.41) is 15.6. The number of aliphatic carboxylic acids is 1. The highest BCUT2D eigenvalue weighted by atomic mass is 19.1. The molecule has 1 aliphatic rings. The van der Waals surface area contributed by atoms with Crippen LogP contribution in [0.5, 0.6) is 0 Å². The van der Waals surface area contributed by atoms with E-state index in [2.05, 4.69) is 10.2 Å². The Hall–Kier alpha value is -2.74. The average molecular weight is 319 g/mol. The first kappa shape index (κ1) is 15.2. The Kier molecular flexibility index (Phi) is 4.07. The number of morpholine rings is 1. The fraction of sp³-hybridized carbons (Fsp3) is 0.267. The van der Waals surface area contributed by atoms with Crippen LogP contribution in [-0.2, 0) is 9.53 Å². The normalized spacial score (nSPS) is 18.0. The van der Waals surface area contributed by atoms with Crippen molar-refractivity contribution in [1.82, 2.24) is 15.1 Å². The number of aromatic amines is 1. The molecule has 1 fully saturated rings. The number of hydrogen-bond donors (Lipinski definition) is 2. The van der Waals surface area contributed by atoms with Gasteiger partial charge in [0.15, 0.2) is 6.10 Å². The van der Waals surface area contributed by atoms with Crippen LogP contribution in [0.1, 0.15) is 10.4 Å². The third-order valence-corrected chi connectivity index (χ3v) is 3.63. The first-order valence-electron chi connectivity index (χ1n) is 6.99. The minimum absolute atomic E-state index is 0.0256. The number of nitrogens with zero attached hydrogens (tertiary/aromatic N) is 2. The zero-order valence-electron chi connectivity index (χ0n) is 12.0. The van der Waals surface area contributed by atoms with E-state index in [4.69, 9.17) is 9.84 Å². The molecule has 1 saturated heterocycles. The van der Waals surface area contributed by atoms with Crippen molar-refractivity contribution in [2.24, 2.45) is 0 Å². The lowest BCUT2D eigenvalue weighted by atomic mass is 10.1. The van der Waals surface area contributed by atoms with Crippen LogP contribution in [-0.4, -0.2) is 57.9 Å². The second kappa shape index (κ2) is 6.17. The number of nitrogens with one attached hydrogen (secondary N) is 1. The Morgan fingerprint density at radius 1 is 1.35 bits per heavy atom. The van der Waals surface area contributed by atoms with Gasteiger partial charge in [-0.1, -0.05) is 0 Å². The molecule has 1 amide bonds. The highest BCUT2D eigenvalue weighted by Gasteiger charge is 2.31. The molecular weight excluding hydrogens is 305 g/mol. The molecule has 2 aromatic rings. The smallest absolute Gasteiger partial charge is 0.334 e. The van der Waals surface area contributed by atoms with E-state index < -0.39 is 12.1 Å². The maximum absolute atomic E-state index is 13.0. The molecular formula is C15H14FN3O4. The lowest BCUT2D eigenvalue weighted by Gasteiger charge is -2.30. The van der Waals surface area contributed by atoms with Gasteiger partial charge in [-0.2, -0.15) is 5.10 Å². The van der Waals surface area contributed by atoms with Gasteiger partial charge in [0.25, 0.3) is 5.91 Å². The lowest BCUT2D eigenvalue weighted by molar-refractivity contribution is -0.154. The number of ether oxygens (including phenoxy) is 1. The summed E-state index contributed by atoms with van der Waals surface area (Å²) < 4.78 is 18.1. The predicted octanol–water partition coefficient (Wildman–Crippen LogP) is 1.14. The van der Waals surface area contributed by atoms with E-state index in [0.29, 0.717) is 23.4 Å². The molecule has 3 rings (SSSR count). The molecule has 7 nitrogen and oxygen atoms in total. The van der Waals surface area contributed by atoms with Crippen LogP contribution >= 0.6 is 0 Å². The molecule has 120 valence electrons. The molecule has 2 heterocycles. The molecule has 1 unspecified atom stereocenters. The zero-order chi connectivity index (χ0) is 16.4. The van der Waals surface area contributed by atoms with Gasteiger partial charge in [-0.25, -0.2) is 9.18 Å². The number of carboxylic acids is 1. The van der Waals surface area contributed by atoms with Crippen molar-refractivity contribution in [2.75, 3.05) is 19.7 Å². The van der Waals surface area contributed by atoms with Gasteiger partial charge in [-0.3, -0.25) is 9.89 Å². The van der Waals surface area contributed by atoms with Crippen LogP contribution in [0.4, 0.5) is 4.39 Å². The first-order chi connectivity index (χ1) is 11.1. The van der Waals surface area contributed by atoms with Gasteiger partial charge in [0.1, 0.15) is 5.82 Å². The molecule has 0 saturated carbocycles. The number of halogens is 1. The number of carboxylic acid groups (broad SMARTS) is 1. The van der Waals surface area contributed by atoms with Crippen molar-refractivity contribution in [3.05, 3.63) is 41.8 Å². The van der Waals surface area contributed by atoms with Crippen LogP contribution in [0.3, 0.4) is 0 Å². The van der Waals surface area contributed by atoms with E-state index in [-0.39, 0.29) is 24.9 Å². The lowest BCUT2D eigenvalue weighted by Crippen LogP contribution is -2.48. The quantitative estimate of drug-likeness (QED) is 0.884. The summed E-state index contributed by atoms with van der Waals surface area (Å²) in [6, 6.07) is 5.66. The molecule has 23 heavy (non-hydrogen) atoms. The fourth-order valence-corrected chi connectivity index (χ4v) is 2.44. The Morgan fingerprint density at radius 3 is 2.78 bits per heavy atom. The Morgan fingerprint density at radius 2 is 2.09 bits per heavy atom. The summed E-state index contributed by atoms with van der Waals surface area (Å²) in [5.74, 6) is -1.82. The summed E-state index contributed by atoms with van der Waals surface area (Å²) >= 11 is 0. The molecule has 1 aromatic carbocycles. The van der Waals surface area contributed by atoms with Gasteiger partial charge in [0, 0.05) is 12.1 Å². The fourth-order valence-electron chi connectivity index (χ4n) is 2.44. The number of amides is 1. The van der Waals surface area contributed by atoms with Gasteiger partial charge in [-0.05, 0) is 24.3 Å². The molecule has 0 aliphatic carbocycles. The van der Waals surface area contributed by atoms with Crippen molar-refractivity contribution in [3.8, 4) is 11.3 Å². The van der Waals surface area contributed by atoms with Gasteiger partial charge >= 0.3 is 5.97 Å². The summed E-state index contributed by atoms with van der Waals surface area (Å²) in [5.41, 5.74) is 1.39. The molecule has 2 N–H and O–H groups in total. The van der Waals surface area contributed by atoms with Crippen molar-refractivity contribution in [2.45, 2.75) is 6.10 Å². The topological polar surface area (TPSA) is 95.5 Å². The van der Waals surface area contributed by atoms with Crippen LogP contribution in [0.25, 0.3) is 11.3 Å². The Bertz CT molecular complexity index is 729. The highest BCUT2D eigenvalue weighted by Crippen LogP contribution is 2.23. The molecule has 8 heteroatoms. The number of hydrogen-bond acceptors (Lipinski definition) is 4. The van der Waals surface area contributed by atoms with Crippen LogP contribution in [0, 0.1) is 5.82 Å². The third kappa shape index (κ3) is 3.07. The molecule has 0 bridgehead atoms. The molecule has 0 radical (unpaired) electrons. The standard InChI is InChI=1S/C15H14FN3O4/c16-10-3-1-9(2-4-10)13-11(7-17-18-13)14(20)19-5-6-23-12(8-19)15(21)22/h1-4,7,12H,5-6,8H2,(H,17,18)(H,21,22). The van der Waals surface area contributed by atoms with E-state index in [1.54, 1.807) is 12.1 Å². The number of H-pyrrole nitrogens is 1. The van der Waals surface area contributed by atoms with E-state index in [9.17, 15) is 14.0 Å². The molecule has 1 aromatic heterocycles. The maximum Gasteiger partial charge on any atom is 0.334 e. The number of carbonyl (C=O) groups excluding carboxylic acids is 1. The van der Waals surface area contributed by atoms with E-state index in [1.165, 1.54) is 23.2 Å². The van der Waals surface area contributed by atoms with Crippen LogP contribution in [0.2, 0.25) is 0 Å². The Balaban J connectivity index is 1.85. The summed E-state index contributed by atoms with van der Waals surface area (Å²) in [6.07, 6.45) is 0.348. The monoisotopic (exact) mass is 319 g/mol. The van der Waals surface area contributed by atoms with Crippen molar-refractivity contribution in [1.29, 1.82) is 0 Å². The molecule has 0 spiro atoms. The molecule has 1 atom stereocenters. The predicted molar refractivity (Wildman–Crippen MR) is 77.3 cm³/mol. The van der Waals surface area contributed by atoms with Crippen LogP contribution < -0.4 is 0 Å². The van der Waals surface area contributed by atoms with Gasteiger partial charge in [0.2, 0.25) is 0 Å². The van der Waals surface area contributed by atoms with E-state index in [0.717, 1.165) is 0 Å². The largest absolute Gasteiger partial charge is 0.479 e. The van der Waals surface area contributed by atoms with Crippen molar-refractivity contribution < 1.29 is 23.8 Å². The average Bonchev–Trinajstić information content (AvgIpc) is 3.04. The second-order valence-corrected chi connectivity index (χ2v) is 5.11. The molecule has 1 aliphatic heterocycles. The minimum atomic E-state index is -1.10. The van der Waals surface area contributed by atoms with Crippen molar-refractivity contribution >= 4 is 11.9 Å². The SMILES string of the molecule is O=C(O)C1CN(C(=O)c2cn[nH]c2-c2ccc(F)cc2)CCO1. The van der Waals surface area contributed by atoms with Crippen LogP contribution in [0.15, 0.2) is 30.5 Å². The first-order valence-corrected chi connectivity index (χ1v) is 6.99. The Labute approximate surface area is 130 Å². The summed E-state index contributed by atoms with van der Waals surface area (Å²) in [4.78, 5) is 25.1. The summed E-state index contributed by atoms with van der Waals surface area (Å²) in [7, 11) is 0. The number of aromatic nitrogens is 2. The van der Waals surface area contributed by atoms with Gasteiger partial charge < -0.3 is 14.7 Å². The maximum atomic E-state index is 13.0. The van der Waals surface area contributed by atoms with Gasteiger partial charge in [-0.15, -0.1) is 0 Å². The number of benzene rings is 1. The number of carbonyl (C=O) groups is 2. The van der Waals surface area contributed by atoms with E-state index >= 15 is 0 Å². The second-order valence-electron chi connectivity index (χ2n) is 5.11.